The van der Waals surface area contributed by atoms with E-state index in [2.05, 4.69) is 11.4 Å². The van der Waals surface area contributed by atoms with Gasteiger partial charge in [-0.1, -0.05) is 25.3 Å². The summed E-state index contributed by atoms with van der Waals surface area (Å²) in [7, 11) is 0. The van der Waals surface area contributed by atoms with E-state index >= 15 is 0 Å². The molecule has 1 fully saturated rings. The molecule has 0 aliphatic heterocycles. The molecular weight excluding hydrogens is 236 g/mol. The van der Waals surface area contributed by atoms with Crippen molar-refractivity contribution in [3.63, 3.8) is 0 Å². The van der Waals surface area contributed by atoms with E-state index in [1.54, 1.807) is 0 Å². The molecule has 2 aliphatic carbocycles. The van der Waals surface area contributed by atoms with Gasteiger partial charge in [0.1, 0.15) is 0 Å². The first-order chi connectivity index (χ1) is 9.24. The van der Waals surface area contributed by atoms with Crippen LogP contribution in [0.1, 0.15) is 66.1 Å². The molecule has 0 spiro atoms. The zero-order valence-electron chi connectivity index (χ0n) is 11.3. The van der Waals surface area contributed by atoms with Gasteiger partial charge in [0, 0.05) is 17.6 Å². The first kappa shape index (κ1) is 12.7. The number of benzene rings is 1. The molecule has 0 saturated heterocycles. The second-order valence-corrected chi connectivity index (χ2v) is 5.87. The summed E-state index contributed by atoms with van der Waals surface area (Å²) in [5.74, 6) is -0.327. The van der Waals surface area contributed by atoms with Crippen molar-refractivity contribution < 1.29 is 4.79 Å². The number of carbonyl (C=O) groups is 1. The van der Waals surface area contributed by atoms with E-state index in [-0.39, 0.29) is 5.91 Å². The molecule has 2 aliphatic rings. The molecule has 102 valence electrons. The molecule has 3 nitrogen and oxygen atoms in total. The van der Waals surface area contributed by atoms with Crippen LogP contribution in [0.15, 0.2) is 18.2 Å². The standard InChI is InChI=1S/C16H22N2O/c17-16(19)12-6-8-14-11(10-12)7-9-15(14)18-13-4-2-1-3-5-13/h6,8,10,13,15,18H,1-5,7,9H2,(H2,17,19). The van der Waals surface area contributed by atoms with Gasteiger partial charge in [-0.3, -0.25) is 4.79 Å². The third kappa shape index (κ3) is 2.66. The number of primary amides is 1. The average molecular weight is 258 g/mol. The largest absolute Gasteiger partial charge is 0.366 e. The highest BCUT2D eigenvalue weighted by atomic mass is 16.1. The molecule has 19 heavy (non-hydrogen) atoms. The Morgan fingerprint density at radius 2 is 1.95 bits per heavy atom. The highest BCUT2D eigenvalue weighted by Gasteiger charge is 2.25. The lowest BCUT2D eigenvalue weighted by molar-refractivity contribution is 0.1000. The topological polar surface area (TPSA) is 55.1 Å². The summed E-state index contributed by atoms with van der Waals surface area (Å²) in [6, 6.07) is 7.08. The molecule has 1 aromatic rings. The summed E-state index contributed by atoms with van der Waals surface area (Å²) in [6.07, 6.45) is 8.93. The van der Waals surface area contributed by atoms with Crippen molar-refractivity contribution in [1.29, 1.82) is 0 Å². The zero-order chi connectivity index (χ0) is 13.2. The fourth-order valence-electron chi connectivity index (χ4n) is 3.50. The van der Waals surface area contributed by atoms with Crippen LogP contribution >= 0.6 is 0 Å². The van der Waals surface area contributed by atoms with Gasteiger partial charge >= 0.3 is 0 Å². The molecule has 1 atom stereocenters. The minimum Gasteiger partial charge on any atom is -0.366 e. The molecule has 1 unspecified atom stereocenters. The fourth-order valence-corrected chi connectivity index (χ4v) is 3.50. The third-order valence-corrected chi connectivity index (χ3v) is 4.55. The van der Waals surface area contributed by atoms with E-state index in [9.17, 15) is 4.79 Å². The van der Waals surface area contributed by atoms with E-state index in [0.29, 0.717) is 17.6 Å². The Labute approximate surface area is 114 Å². The van der Waals surface area contributed by atoms with Gasteiger partial charge in [-0.2, -0.15) is 0 Å². The smallest absolute Gasteiger partial charge is 0.248 e. The molecule has 0 radical (unpaired) electrons. The van der Waals surface area contributed by atoms with Crippen LogP contribution in [0.4, 0.5) is 0 Å². The number of nitrogens with two attached hydrogens (primary N) is 1. The minimum atomic E-state index is -0.327. The van der Waals surface area contributed by atoms with Gasteiger partial charge in [0.15, 0.2) is 0 Å². The molecule has 0 aromatic heterocycles. The van der Waals surface area contributed by atoms with Gasteiger partial charge < -0.3 is 11.1 Å². The predicted octanol–water partition coefficient (Wildman–Crippen LogP) is 2.70. The van der Waals surface area contributed by atoms with Crippen molar-refractivity contribution >= 4 is 5.91 Å². The van der Waals surface area contributed by atoms with Crippen molar-refractivity contribution in [2.24, 2.45) is 5.73 Å². The van der Waals surface area contributed by atoms with E-state index in [1.807, 2.05) is 12.1 Å². The number of rotatable bonds is 3. The van der Waals surface area contributed by atoms with Gasteiger partial charge in [0.2, 0.25) is 5.91 Å². The lowest BCUT2D eigenvalue weighted by Gasteiger charge is -2.27. The normalized spacial score (nSPS) is 23.3. The maximum absolute atomic E-state index is 11.2. The number of nitrogens with one attached hydrogen (secondary N) is 1. The predicted molar refractivity (Wildman–Crippen MR) is 76.0 cm³/mol. The van der Waals surface area contributed by atoms with Gasteiger partial charge in [0.25, 0.3) is 0 Å². The number of hydrogen-bond donors (Lipinski definition) is 2. The summed E-state index contributed by atoms with van der Waals surface area (Å²) in [5, 5.41) is 3.81. The monoisotopic (exact) mass is 258 g/mol. The summed E-state index contributed by atoms with van der Waals surface area (Å²) in [4.78, 5) is 11.2. The average Bonchev–Trinajstić information content (AvgIpc) is 2.82. The number of aryl methyl sites for hydroxylation is 1. The van der Waals surface area contributed by atoms with Gasteiger partial charge in [-0.25, -0.2) is 0 Å². The van der Waals surface area contributed by atoms with Crippen LogP contribution in [0.25, 0.3) is 0 Å². The molecular formula is C16H22N2O. The van der Waals surface area contributed by atoms with Crippen LogP contribution in [0.3, 0.4) is 0 Å². The van der Waals surface area contributed by atoms with Gasteiger partial charge in [-0.05, 0) is 48.9 Å². The number of fused-ring (bicyclic) bond motifs is 1. The summed E-state index contributed by atoms with van der Waals surface area (Å²) >= 11 is 0. The van der Waals surface area contributed by atoms with E-state index in [4.69, 9.17) is 5.73 Å². The van der Waals surface area contributed by atoms with Crippen molar-refractivity contribution in [2.45, 2.75) is 57.0 Å². The Bertz CT molecular complexity index is 478. The molecule has 3 heteroatoms. The van der Waals surface area contributed by atoms with Crippen molar-refractivity contribution in [2.75, 3.05) is 0 Å². The van der Waals surface area contributed by atoms with E-state index in [1.165, 1.54) is 43.2 Å². The summed E-state index contributed by atoms with van der Waals surface area (Å²) in [5.41, 5.74) is 8.64. The van der Waals surface area contributed by atoms with Gasteiger partial charge in [-0.15, -0.1) is 0 Å². The van der Waals surface area contributed by atoms with Crippen LogP contribution in [0, 0.1) is 0 Å². The van der Waals surface area contributed by atoms with Crippen LogP contribution in [-0.4, -0.2) is 11.9 Å². The number of hydrogen-bond acceptors (Lipinski definition) is 2. The molecule has 0 bridgehead atoms. The van der Waals surface area contributed by atoms with Crippen LogP contribution in [0.5, 0.6) is 0 Å². The second kappa shape index (κ2) is 5.33. The highest BCUT2D eigenvalue weighted by Crippen LogP contribution is 2.33. The molecule has 1 saturated carbocycles. The van der Waals surface area contributed by atoms with Crippen LogP contribution in [-0.2, 0) is 6.42 Å². The first-order valence-electron chi connectivity index (χ1n) is 7.43. The lowest BCUT2D eigenvalue weighted by Crippen LogP contribution is -2.33. The van der Waals surface area contributed by atoms with Crippen LogP contribution < -0.4 is 11.1 Å². The third-order valence-electron chi connectivity index (χ3n) is 4.55. The van der Waals surface area contributed by atoms with Gasteiger partial charge in [0.05, 0.1) is 0 Å². The Morgan fingerprint density at radius 1 is 1.16 bits per heavy atom. The SMILES string of the molecule is NC(=O)c1ccc2c(c1)CCC2NC1CCCCC1. The summed E-state index contributed by atoms with van der Waals surface area (Å²) in [6.45, 7) is 0. The van der Waals surface area contributed by atoms with Crippen LogP contribution in [0.2, 0.25) is 0 Å². The highest BCUT2D eigenvalue weighted by molar-refractivity contribution is 5.93. The molecule has 3 N–H and O–H groups in total. The first-order valence-corrected chi connectivity index (χ1v) is 7.43. The molecule has 1 amide bonds. The van der Waals surface area contributed by atoms with Crippen molar-refractivity contribution in [1.82, 2.24) is 5.32 Å². The van der Waals surface area contributed by atoms with E-state index in [0.717, 1.165) is 12.8 Å². The lowest BCUT2D eigenvalue weighted by atomic mass is 9.94. The Morgan fingerprint density at radius 3 is 2.68 bits per heavy atom. The Kier molecular flexibility index (Phi) is 3.56. The van der Waals surface area contributed by atoms with E-state index < -0.39 is 0 Å². The molecule has 3 rings (SSSR count). The Balaban J connectivity index is 1.72. The molecule has 0 heterocycles. The van der Waals surface area contributed by atoms with Crippen molar-refractivity contribution in [3.8, 4) is 0 Å². The maximum Gasteiger partial charge on any atom is 0.248 e. The maximum atomic E-state index is 11.2. The fraction of sp³-hybridized carbons (Fsp3) is 0.562. The Hall–Kier alpha value is -1.35. The zero-order valence-corrected chi connectivity index (χ0v) is 11.3. The second-order valence-electron chi connectivity index (χ2n) is 5.87. The summed E-state index contributed by atoms with van der Waals surface area (Å²) < 4.78 is 0. The number of carbonyl (C=O) groups excluding carboxylic acids is 1. The number of amides is 1. The molecule has 1 aromatic carbocycles. The minimum absolute atomic E-state index is 0.327. The quantitative estimate of drug-likeness (QED) is 0.875. The van der Waals surface area contributed by atoms with Crippen molar-refractivity contribution in [3.05, 3.63) is 34.9 Å².